The highest BCUT2D eigenvalue weighted by atomic mass is 35.5. The van der Waals surface area contributed by atoms with E-state index in [0.717, 1.165) is 5.82 Å². The SMILES string of the molecule is O=C(NCCNc1ccc(-n2cccc2)nn1)c1ccc(Cl)cc1Cl. The molecule has 2 aromatic heterocycles. The van der Waals surface area contributed by atoms with Crippen molar-refractivity contribution in [1.29, 1.82) is 0 Å². The summed E-state index contributed by atoms with van der Waals surface area (Å²) in [5.74, 6) is 1.12. The summed E-state index contributed by atoms with van der Waals surface area (Å²) in [6.07, 6.45) is 3.79. The van der Waals surface area contributed by atoms with Crippen molar-refractivity contribution in [1.82, 2.24) is 20.1 Å². The van der Waals surface area contributed by atoms with Gasteiger partial charge < -0.3 is 15.2 Å². The maximum Gasteiger partial charge on any atom is 0.252 e. The van der Waals surface area contributed by atoms with Gasteiger partial charge in [0, 0.05) is 30.5 Å². The molecule has 0 bridgehead atoms. The molecule has 3 rings (SSSR count). The predicted octanol–water partition coefficient (Wildman–Crippen LogP) is 3.42. The van der Waals surface area contributed by atoms with Gasteiger partial charge in [0.15, 0.2) is 5.82 Å². The summed E-state index contributed by atoms with van der Waals surface area (Å²) < 4.78 is 1.87. The quantitative estimate of drug-likeness (QED) is 0.647. The van der Waals surface area contributed by atoms with Crippen LogP contribution in [0.3, 0.4) is 0 Å². The average molecular weight is 376 g/mol. The molecule has 0 aliphatic rings. The van der Waals surface area contributed by atoms with E-state index in [1.807, 2.05) is 41.2 Å². The van der Waals surface area contributed by atoms with Gasteiger partial charge in [-0.3, -0.25) is 4.79 Å². The lowest BCUT2D eigenvalue weighted by molar-refractivity contribution is 0.0955. The van der Waals surface area contributed by atoms with Crippen molar-refractivity contribution in [3.05, 3.63) is 70.5 Å². The number of aromatic nitrogens is 3. The van der Waals surface area contributed by atoms with Crippen molar-refractivity contribution in [2.24, 2.45) is 0 Å². The number of hydrogen-bond donors (Lipinski definition) is 2. The number of amides is 1. The van der Waals surface area contributed by atoms with E-state index >= 15 is 0 Å². The van der Waals surface area contributed by atoms with Crippen molar-refractivity contribution in [3.8, 4) is 5.82 Å². The summed E-state index contributed by atoms with van der Waals surface area (Å²) in [7, 11) is 0. The number of carbonyl (C=O) groups is 1. The molecule has 0 aliphatic heterocycles. The van der Waals surface area contributed by atoms with E-state index in [1.54, 1.807) is 12.1 Å². The first kappa shape index (κ1) is 17.3. The second kappa shape index (κ2) is 8.00. The Kier molecular flexibility index (Phi) is 5.53. The molecule has 8 heteroatoms. The van der Waals surface area contributed by atoms with Gasteiger partial charge in [-0.15, -0.1) is 10.2 Å². The van der Waals surface area contributed by atoms with Gasteiger partial charge >= 0.3 is 0 Å². The number of anilines is 1. The van der Waals surface area contributed by atoms with E-state index in [9.17, 15) is 4.79 Å². The Balaban J connectivity index is 1.47. The summed E-state index contributed by atoms with van der Waals surface area (Å²) in [6.45, 7) is 0.924. The maximum atomic E-state index is 12.1. The molecule has 6 nitrogen and oxygen atoms in total. The van der Waals surface area contributed by atoms with Crippen LogP contribution in [-0.2, 0) is 0 Å². The highest BCUT2D eigenvalue weighted by Crippen LogP contribution is 2.20. The summed E-state index contributed by atoms with van der Waals surface area (Å²) in [4.78, 5) is 12.1. The Morgan fingerprint density at radius 1 is 1.04 bits per heavy atom. The number of nitrogens with one attached hydrogen (secondary N) is 2. The molecule has 0 radical (unpaired) electrons. The normalized spacial score (nSPS) is 10.5. The van der Waals surface area contributed by atoms with Crippen LogP contribution in [0.1, 0.15) is 10.4 Å². The number of carbonyl (C=O) groups excluding carboxylic acids is 1. The summed E-state index contributed by atoms with van der Waals surface area (Å²) in [6, 6.07) is 12.3. The topological polar surface area (TPSA) is 71.8 Å². The molecule has 0 saturated carbocycles. The second-order valence-corrected chi connectivity index (χ2v) is 6.02. The van der Waals surface area contributed by atoms with Crippen LogP contribution in [0, 0.1) is 0 Å². The van der Waals surface area contributed by atoms with Gasteiger partial charge in [0.05, 0.1) is 10.6 Å². The molecule has 2 N–H and O–H groups in total. The van der Waals surface area contributed by atoms with E-state index in [1.165, 1.54) is 6.07 Å². The molecule has 0 saturated heterocycles. The molecule has 0 unspecified atom stereocenters. The van der Waals surface area contributed by atoms with E-state index in [4.69, 9.17) is 23.2 Å². The number of nitrogens with zero attached hydrogens (tertiary/aromatic N) is 3. The van der Waals surface area contributed by atoms with Gasteiger partial charge in [0.1, 0.15) is 5.82 Å². The molecule has 1 amide bonds. The zero-order valence-electron chi connectivity index (χ0n) is 13.1. The van der Waals surface area contributed by atoms with E-state index in [0.29, 0.717) is 34.5 Å². The van der Waals surface area contributed by atoms with E-state index in [-0.39, 0.29) is 5.91 Å². The van der Waals surface area contributed by atoms with Crippen molar-refractivity contribution in [3.63, 3.8) is 0 Å². The molecule has 0 atom stereocenters. The lowest BCUT2D eigenvalue weighted by Gasteiger charge is -2.09. The van der Waals surface area contributed by atoms with Crippen LogP contribution in [-0.4, -0.2) is 33.8 Å². The summed E-state index contributed by atoms with van der Waals surface area (Å²) in [5.41, 5.74) is 0.391. The van der Waals surface area contributed by atoms with Gasteiger partial charge in [-0.2, -0.15) is 0 Å². The Labute approximate surface area is 154 Å². The highest BCUT2D eigenvalue weighted by Gasteiger charge is 2.09. The fourth-order valence-electron chi connectivity index (χ4n) is 2.18. The first-order valence-electron chi connectivity index (χ1n) is 7.58. The molecule has 0 aliphatic carbocycles. The first-order chi connectivity index (χ1) is 12.1. The third kappa shape index (κ3) is 4.49. The van der Waals surface area contributed by atoms with Gasteiger partial charge in [-0.05, 0) is 42.5 Å². The average Bonchev–Trinajstić information content (AvgIpc) is 3.13. The third-order valence-electron chi connectivity index (χ3n) is 3.41. The van der Waals surface area contributed by atoms with Gasteiger partial charge in [-0.1, -0.05) is 23.2 Å². The fourth-order valence-corrected chi connectivity index (χ4v) is 2.67. The molecule has 1 aromatic carbocycles. The lowest BCUT2D eigenvalue weighted by atomic mass is 10.2. The van der Waals surface area contributed by atoms with Gasteiger partial charge in [-0.25, -0.2) is 0 Å². The molecule has 2 heterocycles. The van der Waals surface area contributed by atoms with Crippen molar-refractivity contribution >= 4 is 34.9 Å². The molecule has 25 heavy (non-hydrogen) atoms. The van der Waals surface area contributed by atoms with Crippen molar-refractivity contribution in [2.45, 2.75) is 0 Å². The number of hydrogen-bond acceptors (Lipinski definition) is 4. The Bertz CT molecular complexity index is 850. The minimum atomic E-state index is -0.252. The van der Waals surface area contributed by atoms with Gasteiger partial charge in [0.25, 0.3) is 5.91 Å². The largest absolute Gasteiger partial charge is 0.367 e. The number of benzene rings is 1. The molecular weight excluding hydrogens is 361 g/mol. The fraction of sp³-hybridized carbons (Fsp3) is 0.118. The monoisotopic (exact) mass is 375 g/mol. The Hall–Kier alpha value is -2.57. The van der Waals surface area contributed by atoms with E-state index in [2.05, 4.69) is 20.8 Å². The number of rotatable bonds is 6. The van der Waals surface area contributed by atoms with Crippen LogP contribution < -0.4 is 10.6 Å². The van der Waals surface area contributed by atoms with Crippen LogP contribution in [0.4, 0.5) is 5.82 Å². The zero-order valence-corrected chi connectivity index (χ0v) is 14.6. The molecular formula is C17H15Cl2N5O. The smallest absolute Gasteiger partial charge is 0.252 e. The van der Waals surface area contributed by atoms with Crippen LogP contribution in [0.25, 0.3) is 5.82 Å². The van der Waals surface area contributed by atoms with Crippen LogP contribution in [0.5, 0.6) is 0 Å². The minimum Gasteiger partial charge on any atom is -0.367 e. The molecule has 0 fully saturated rings. The number of halogens is 2. The van der Waals surface area contributed by atoms with Crippen LogP contribution in [0.2, 0.25) is 10.0 Å². The Morgan fingerprint density at radius 2 is 1.84 bits per heavy atom. The molecule has 3 aromatic rings. The second-order valence-electron chi connectivity index (χ2n) is 5.17. The maximum absolute atomic E-state index is 12.1. The third-order valence-corrected chi connectivity index (χ3v) is 3.96. The minimum absolute atomic E-state index is 0.252. The van der Waals surface area contributed by atoms with Crippen molar-refractivity contribution in [2.75, 3.05) is 18.4 Å². The zero-order chi connectivity index (χ0) is 17.6. The first-order valence-corrected chi connectivity index (χ1v) is 8.33. The Morgan fingerprint density at radius 3 is 2.52 bits per heavy atom. The molecule has 128 valence electrons. The predicted molar refractivity (Wildman–Crippen MR) is 98.6 cm³/mol. The van der Waals surface area contributed by atoms with Gasteiger partial charge in [0.2, 0.25) is 0 Å². The van der Waals surface area contributed by atoms with Crippen LogP contribution >= 0.6 is 23.2 Å². The van der Waals surface area contributed by atoms with Crippen molar-refractivity contribution < 1.29 is 4.79 Å². The lowest BCUT2D eigenvalue weighted by Crippen LogP contribution is -2.29. The highest BCUT2D eigenvalue weighted by molar-refractivity contribution is 6.36. The summed E-state index contributed by atoms with van der Waals surface area (Å²) >= 11 is 11.8. The van der Waals surface area contributed by atoms with Crippen LogP contribution in [0.15, 0.2) is 54.9 Å². The summed E-state index contributed by atoms with van der Waals surface area (Å²) in [5, 5.41) is 14.9. The van der Waals surface area contributed by atoms with E-state index < -0.39 is 0 Å². The standard InChI is InChI=1S/C17H15Cl2N5O/c18-12-3-4-13(14(19)11-12)17(25)21-8-7-20-15-5-6-16(23-22-15)24-9-1-2-10-24/h1-6,9-11H,7-8H2,(H,20,22)(H,21,25). The molecule has 0 spiro atoms.